The van der Waals surface area contributed by atoms with E-state index >= 15 is 0 Å². The summed E-state index contributed by atoms with van der Waals surface area (Å²) in [6.45, 7) is 4.42. The fraction of sp³-hybridized carbons (Fsp3) is 0.667. The van der Waals surface area contributed by atoms with E-state index in [9.17, 15) is 0 Å². The monoisotopic (exact) mass is 274 g/mol. The van der Waals surface area contributed by atoms with Crippen molar-refractivity contribution >= 4 is 0 Å². The minimum atomic E-state index is 0.706. The van der Waals surface area contributed by atoms with Gasteiger partial charge >= 0.3 is 0 Å². The number of rotatable bonds is 5. The Kier molecular flexibility index (Phi) is 6.06. The topological polar surface area (TPSA) is 15.3 Å². The first-order chi connectivity index (χ1) is 9.69. The molecule has 1 aromatic carbocycles. The molecule has 1 N–H and O–H groups in total. The Bertz CT molecular complexity index is 385. The Morgan fingerprint density at radius 2 is 1.80 bits per heavy atom. The van der Waals surface area contributed by atoms with Crippen LogP contribution in [-0.2, 0) is 6.54 Å². The smallest absolute Gasteiger partial charge is 0.0230 e. The van der Waals surface area contributed by atoms with E-state index < -0.39 is 0 Å². The van der Waals surface area contributed by atoms with E-state index in [2.05, 4.69) is 55.5 Å². The third-order valence-electron chi connectivity index (χ3n) is 4.65. The maximum atomic E-state index is 3.54. The molecule has 1 saturated carbocycles. The average molecular weight is 274 g/mol. The van der Waals surface area contributed by atoms with E-state index in [1.807, 2.05) is 0 Å². The van der Waals surface area contributed by atoms with Crippen LogP contribution in [0.2, 0.25) is 0 Å². The van der Waals surface area contributed by atoms with Crippen molar-refractivity contribution in [2.75, 3.05) is 20.6 Å². The molecule has 1 aliphatic carbocycles. The second kappa shape index (κ2) is 7.80. The molecule has 1 aromatic rings. The Labute approximate surface area is 124 Å². The van der Waals surface area contributed by atoms with E-state index in [0.29, 0.717) is 6.04 Å². The van der Waals surface area contributed by atoms with Crippen LogP contribution in [0, 0.1) is 12.8 Å². The number of hydrogen-bond donors (Lipinski definition) is 1. The molecule has 0 amide bonds. The second-order valence-corrected chi connectivity index (χ2v) is 6.48. The fourth-order valence-electron chi connectivity index (χ4n) is 3.45. The molecule has 0 saturated heterocycles. The lowest BCUT2D eigenvalue weighted by Gasteiger charge is -2.29. The first-order valence-electron chi connectivity index (χ1n) is 8.10. The summed E-state index contributed by atoms with van der Waals surface area (Å²) >= 11 is 0. The third kappa shape index (κ3) is 4.60. The Morgan fingerprint density at radius 3 is 2.50 bits per heavy atom. The van der Waals surface area contributed by atoms with Crippen LogP contribution < -0.4 is 5.32 Å². The highest BCUT2D eigenvalue weighted by atomic mass is 15.1. The third-order valence-corrected chi connectivity index (χ3v) is 4.65. The molecule has 20 heavy (non-hydrogen) atoms. The maximum Gasteiger partial charge on any atom is 0.0230 e. The maximum absolute atomic E-state index is 3.54. The number of benzene rings is 1. The molecule has 0 aromatic heterocycles. The van der Waals surface area contributed by atoms with Crippen molar-refractivity contribution in [3.05, 3.63) is 35.4 Å². The van der Waals surface area contributed by atoms with Crippen molar-refractivity contribution in [3.63, 3.8) is 0 Å². The fourth-order valence-corrected chi connectivity index (χ4v) is 3.45. The van der Waals surface area contributed by atoms with Crippen LogP contribution in [0.5, 0.6) is 0 Å². The van der Waals surface area contributed by atoms with Gasteiger partial charge in [-0.25, -0.2) is 0 Å². The molecule has 2 nitrogen and oxygen atoms in total. The molecule has 1 fully saturated rings. The van der Waals surface area contributed by atoms with E-state index in [4.69, 9.17) is 0 Å². The molecule has 2 rings (SSSR count). The van der Waals surface area contributed by atoms with Crippen LogP contribution in [0.15, 0.2) is 24.3 Å². The van der Waals surface area contributed by atoms with Crippen molar-refractivity contribution in [2.45, 2.75) is 51.6 Å². The number of nitrogens with zero attached hydrogens (tertiary/aromatic N) is 1. The van der Waals surface area contributed by atoms with E-state index in [1.165, 1.54) is 49.8 Å². The summed E-state index contributed by atoms with van der Waals surface area (Å²) in [6, 6.07) is 9.65. The van der Waals surface area contributed by atoms with Crippen molar-refractivity contribution < 1.29 is 0 Å². The van der Waals surface area contributed by atoms with Gasteiger partial charge in [0.05, 0.1) is 0 Å². The lowest BCUT2D eigenvalue weighted by atomic mass is 9.94. The molecule has 0 heterocycles. The predicted molar refractivity (Wildman–Crippen MR) is 86.9 cm³/mol. The average Bonchev–Trinajstić information content (AvgIpc) is 2.66. The van der Waals surface area contributed by atoms with Crippen LogP contribution in [0.4, 0.5) is 0 Å². The van der Waals surface area contributed by atoms with Crippen LogP contribution in [0.1, 0.15) is 43.2 Å². The zero-order chi connectivity index (χ0) is 14.4. The van der Waals surface area contributed by atoms with Gasteiger partial charge in [0.25, 0.3) is 0 Å². The Hall–Kier alpha value is -0.860. The standard InChI is InChI=1S/C18H30N2/c1-15-9-11-16(12-10-15)13-20(3)14-17-7-5-4-6-8-18(17)19-2/h9-12,17-19H,4-8,13-14H2,1-3H3. The van der Waals surface area contributed by atoms with Gasteiger partial charge < -0.3 is 10.2 Å². The van der Waals surface area contributed by atoms with Gasteiger partial charge in [0, 0.05) is 19.1 Å². The van der Waals surface area contributed by atoms with Crippen molar-refractivity contribution in [1.82, 2.24) is 10.2 Å². The summed E-state index contributed by atoms with van der Waals surface area (Å²) in [4.78, 5) is 2.49. The van der Waals surface area contributed by atoms with Crippen LogP contribution in [0.3, 0.4) is 0 Å². The predicted octanol–water partition coefficient (Wildman–Crippen LogP) is 3.60. The lowest BCUT2D eigenvalue weighted by Crippen LogP contribution is -2.39. The quantitative estimate of drug-likeness (QED) is 0.825. The number of aryl methyl sites for hydroxylation is 1. The lowest BCUT2D eigenvalue weighted by molar-refractivity contribution is 0.223. The summed E-state index contributed by atoms with van der Waals surface area (Å²) < 4.78 is 0. The molecule has 1 aliphatic rings. The Morgan fingerprint density at radius 1 is 1.10 bits per heavy atom. The van der Waals surface area contributed by atoms with Crippen molar-refractivity contribution in [2.24, 2.45) is 5.92 Å². The summed E-state index contributed by atoms with van der Waals surface area (Å²) in [6.07, 6.45) is 6.94. The van der Waals surface area contributed by atoms with Crippen molar-refractivity contribution in [3.8, 4) is 0 Å². The van der Waals surface area contributed by atoms with Gasteiger partial charge in [0.1, 0.15) is 0 Å². The van der Waals surface area contributed by atoms with E-state index in [1.54, 1.807) is 0 Å². The largest absolute Gasteiger partial charge is 0.317 e. The molecule has 2 heteroatoms. The van der Waals surface area contributed by atoms with Gasteiger partial charge in [0.2, 0.25) is 0 Å². The first-order valence-corrected chi connectivity index (χ1v) is 8.10. The minimum Gasteiger partial charge on any atom is -0.317 e. The van der Waals surface area contributed by atoms with E-state index in [0.717, 1.165) is 12.5 Å². The SMILES string of the molecule is CNC1CCCCCC1CN(C)Cc1ccc(C)cc1. The van der Waals surface area contributed by atoms with Gasteiger partial charge in [-0.15, -0.1) is 0 Å². The van der Waals surface area contributed by atoms with E-state index in [-0.39, 0.29) is 0 Å². The molecule has 112 valence electrons. The zero-order valence-electron chi connectivity index (χ0n) is 13.4. The molecular weight excluding hydrogens is 244 g/mol. The van der Waals surface area contributed by atoms with Gasteiger partial charge in [-0.3, -0.25) is 0 Å². The molecule has 0 aliphatic heterocycles. The van der Waals surface area contributed by atoms with Gasteiger partial charge in [-0.1, -0.05) is 49.1 Å². The Balaban J connectivity index is 1.88. The van der Waals surface area contributed by atoms with Gasteiger partial charge in [0.15, 0.2) is 0 Å². The molecule has 2 atom stereocenters. The molecular formula is C18H30N2. The molecule has 2 unspecified atom stereocenters. The second-order valence-electron chi connectivity index (χ2n) is 6.48. The van der Waals surface area contributed by atoms with Gasteiger partial charge in [-0.05, 0) is 45.3 Å². The molecule has 0 bridgehead atoms. The highest BCUT2D eigenvalue weighted by Crippen LogP contribution is 2.24. The molecule has 0 radical (unpaired) electrons. The summed E-state index contributed by atoms with van der Waals surface area (Å²) in [5, 5.41) is 3.54. The first kappa shape index (κ1) is 15.5. The van der Waals surface area contributed by atoms with Crippen LogP contribution >= 0.6 is 0 Å². The summed E-state index contributed by atoms with van der Waals surface area (Å²) in [5.74, 6) is 0.804. The van der Waals surface area contributed by atoms with Crippen LogP contribution in [0.25, 0.3) is 0 Å². The number of hydrogen-bond acceptors (Lipinski definition) is 2. The normalized spacial score (nSPS) is 23.8. The highest BCUT2D eigenvalue weighted by Gasteiger charge is 2.23. The van der Waals surface area contributed by atoms with Crippen molar-refractivity contribution in [1.29, 1.82) is 0 Å². The highest BCUT2D eigenvalue weighted by molar-refractivity contribution is 5.21. The minimum absolute atomic E-state index is 0.706. The zero-order valence-corrected chi connectivity index (χ0v) is 13.4. The number of nitrogens with one attached hydrogen (secondary N) is 1. The molecule has 0 spiro atoms. The summed E-state index contributed by atoms with van der Waals surface area (Å²) in [7, 11) is 4.39. The van der Waals surface area contributed by atoms with Crippen LogP contribution in [-0.4, -0.2) is 31.6 Å². The van der Waals surface area contributed by atoms with Gasteiger partial charge in [-0.2, -0.15) is 0 Å². The summed E-state index contributed by atoms with van der Waals surface area (Å²) in [5.41, 5.74) is 2.77.